The van der Waals surface area contributed by atoms with E-state index in [2.05, 4.69) is 5.10 Å². The first-order valence-electron chi connectivity index (χ1n) is 3.74. The van der Waals surface area contributed by atoms with E-state index in [-0.39, 0.29) is 0 Å². The third-order valence-corrected chi connectivity index (χ3v) is 2.18. The van der Waals surface area contributed by atoms with Crippen LogP contribution in [0.4, 0.5) is 5.69 Å². The Morgan fingerprint density at radius 2 is 1.92 bits per heavy atom. The van der Waals surface area contributed by atoms with E-state index in [4.69, 9.17) is 23.4 Å². The van der Waals surface area contributed by atoms with Gasteiger partial charge in [-0.2, -0.15) is 4.53 Å². The van der Waals surface area contributed by atoms with Gasteiger partial charge in [0.2, 0.25) is 0 Å². The number of benzene rings is 1. The highest BCUT2D eigenvalue weighted by Gasteiger charge is 2.09. The molecule has 66 valence electrons. The van der Waals surface area contributed by atoms with Crippen molar-refractivity contribution >= 4 is 40.3 Å². The molecule has 0 aliphatic carbocycles. The van der Waals surface area contributed by atoms with Crippen LogP contribution in [0.15, 0.2) is 35.4 Å². The normalized spacial score (nSPS) is 14.9. The van der Waals surface area contributed by atoms with E-state index in [0.717, 1.165) is 11.3 Å². The Morgan fingerprint density at radius 1 is 1.15 bits per heavy atom. The minimum absolute atomic E-state index is 0.367. The second-order valence-corrected chi connectivity index (χ2v) is 3.28. The molecule has 0 bridgehead atoms. The van der Waals surface area contributed by atoms with Crippen molar-refractivity contribution in [2.75, 3.05) is 4.53 Å². The summed E-state index contributed by atoms with van der Waals surface area (Å²) >= 11 is 11.6. The van der Waals surface area contributed by atoms with Gasteiger partial charge in [0.1, 0.15) is 0 Å². The van der Waals surface area contributed by atoms with Crippen LogP contribution in [0.25, 0.3) is 6.08 Å². The lowest BCUT2D eigenvalue weighted by atomic mass is 10.2. The highest BCUT2D eigenvalue weighted by atomic mass is 35.5. The number of hydrogen-bond acceptors (Lipinski definition) is 2. The first-order chi connectivity index (χ1) is 6.27. The number of hydrazone groups is 1. The smallest absolute Gasteiger partial charge is 0.151 e. The van der Waals surface area contributed by atoms with Crippen LogP contribution < -0.4 is 4.53 Å². The Hall–Kier alpha value is -0.990. The number of rotatable bonds is 0. The van der Waals surface area contributed by atoms with Gasteiger partial charge in [0.15, 0.2) is 5.17 Å². The molecule has 4 heteroatoms. The molecule has 0 radical (unpaired) electrons. The van der Waals surface area contributed by atoms with Crippen molar-refractivity contribution in [3.05, 3.63) is 35.9 Å². The predicted octanol–water partition coefficient (Wildman–Crippen LogP) is 3.23. The summed E-state index contributed by atoms with van der Waals surface area (Å²) in [6.45, 7) is 0. The molecule has 0 saturated carbocycles. The van der Waals surface area contributed by atoms with E-state index in [1.807, 2.05) is 30.3 Å². The van der Waals surface area contributed by atoms with E-state index in [0.29, 0.717) is 5.17 Å². The Labute approximate surface area is 86.2 Å². The molecule has 0 atom stereocenters. The molecule has 2 rings (SSSR count). The molecular weight excluding hydrogens is 207 g/mol. The molecular formula is C9H6Cl2N2. The van der Waals surface area contributed by atoms with Gasteiger partial charge < -0.3 is 0 Å². The summed E-state index contributed by atoms with van der Waals surface area (Å²) in [5.41, 5.74) is 1.83. The molecule has 1 aliphatic rings. The molecule has 1 aromatic rings. The summed E-state index contributed by atoms with van der Waals surface area (Å²) < 4.78 is 1.25. The summed E-state index contributed by atoms with van der Waals surface area (Å²) in [4.78, 5) is 0. The molecule has 13 heavy (non-hydrogen) atoms. The number of allylic oxidation sites excluding steroid dienone is 1. The van der Waals surface area contributed by atoms with E-state index >= 15 is 0 Å². The molecule has 0 N–H and O–H groups in total. The monoisotopic (exact) mass is 212 g/mol. The highest BCUT2D eigenvalue weighted by molar-refractivity contribution is 6.69. The van der Waals surface area contributed by atoms with E-state index in [9.17, 15) is 0 Å². The number of anilines is 1. The first-order valence-corrected chi connectivity index (χ1v) is 4.46. The third-order valence-electron chi connectivity index (χ3n) is 1.72. The lowest BCUT2D eigenvalue weighted by Gasteiger charge is -2.09. The second-order valence-electron chi connectivity index (χ2n) is 2.57. The summed E-state index contributed by atoms with van der Waals surface area (Å²) in [7, 11) is 0. The number of halogens is 2. The Bertz CT molecular complexity index is 385. The quantitative estimate of drug-likeness (QED) is 0.604. The average Bonchev–Trinajstić information content (AvgIpc) is 2.27. The fourth-order valence-corrected chi connectivity index (χ4v) is 1.54. The van der Waals surface area contributed by atoms with Crippen LogP contribution in [-0.4, -0.2) is 5.17 Å². The maximum Gasteiger partial charge on any atom is 0.151 e. The van der Waals surface area contributed by atoms with Crippen molar-refractivity contribution in [3.8, 4) is 0 Å². The number of hydrogen-bond donors (Lipinski definition) is 0. The average molecular weight is 213 g/mol. The number of fused-ring (bicyclic) bond motifs is 1. The predicted molar refractivity (Wildman–Crippen MR) is 57.1 cm³/mol. The summed E-state index contributed by atoms with van der Waals surface area (Å²) in [6, 6.07) is 7.67. The molecule has 1 heterocycles. The van der Waals surface area contributed by atoms with Crippen LogP contribution in [0, 0.1) is 0 Å². The Kier molecular flexibility index (Phi) is 2.25. The minimum Gasteiger partial charge on any atom is -0.171 e. The van der Waals surface area contributed by atoms with Crippen molar-refractivity contribution < 1.29 is 0 Å². The molecule has 0 saturated heterocycles. The van der Waals surface area contributed by atoms with Gasteiger partial charge in [-0.25, -0.2) is 0 Å². The molecule has 0 aromatic heterocycles. The van der Waals surface area contributed by atoms with Crippen LogP contribution in [0.2, 0.25) is 0 Å². The van der Waals surface area contributed by atoms with Gasteiger partial charge in [-0.3, -0.25) is 0 Å². The number of para-hydroxylation sites is 1. The van der Waals surface area contributed by atoms with Gasteiger partial charge in [-0.05, 0) is 18.2 Å². The van der Waals surface area contributed by atoms with E-state index in [1.165, 1.54) is 4.53 Å². The van der Waals surface area contributed by atoms with Gasteiger partial charge in [0.05, 0.1) is 5.69 Å². The van der Waals surface area contributed by atoms with Crippen LogP contribution in [0.3, 0.4) is 0 Å². The Balaban J connectivity index is 2.55. The fraction of sp³-hybridized carbons (Fsp3) is 0. The second kappa shape index (κ2) is 3.40. The molecule has 1 aromatic carbocycles. The summed E-state index contributed by atoms with van der Waals surface area (Å²) in [5.74, 6) is 0. The molecule has 0 amide bonds. The van der Waals surface area contributed by atoms with E-state index in [1.54, 1.807) is 6.08 Å². The molecule has 0 spiro atoms. The Morgan fingerprint density at radius 3 is 2.77 bits per heavy atom. The van der Waals surface area contributed by atoms with Crippen molar-refractivity contribution in [2.45, 2.75) is 0 Å². The van der Waals surface area contributed by atoms with Crippen LogP contribution in [0.5, 0.6) is 0 Å². The zero-order chi connectivity index (χ0) is 9.26. The minimum atomic E-state index is 0.367. The van der Waals surface area contributed by atoms with Crippen molar-refractivity contribution in [1.29, 1.82) is 0 Å². The van der Waals surface area contributed by atoms with Crippen LogP contribution >= 0.6 is 23.4 Å². The molecule has 2 nitrogen and oxygen atoms in total. The van der Waals surface area contributed by atoms with Gasteiger partial charge >= 0.3 is 0 Å². The largest absolute Gasteiger partial charge is 0.171 e. The summed E-state index contributed by atoms with van der Waals surface area (Å²) in [6.07, 6.45) is 3.59. The van der Waals surface area contributed by atoms with Gasteiger partial charge in [0.25, 0.3) is 0 Å². The van der Waals surface area contributed by atoms with Crippen LogP contribution in [-0.2, 0) is 0 Å². The molecule has 1 aliphatic heterocycles. The molecule has 0 unspecified atom stereocenters. The van der Waals surface area contributed by atoms with Crippen LogP contribution in [0.1, 0.15) is 5.56 Å². The lowest BCUT2D eigenvalue weighted by molar-refractivity contribution is 1.20. The van der Waals surface area contributed by atoms with E-state index < -0.39 is 0 Å². The number of nitrogens with zero attached hydrogens (tertiary/aromatic N) is 2. The summed E-state index contributed by atoms with van der Waals surface area (Å²) in [5, 5.41) is 4.28. The zero-order valence-corrected chi connectivity index (χ0v) is 8.13. The first kappa shape index (κ1) is 8.60. The maximum absolute atomic E-state index is 5.87. The van der Waals surface area contributed by atoms with Gasteiger partial charge in [0, 0.05) is 17.3 Å². The maximum atomic E-state index is 5.87. The zero-order valence-electron chi connectivity index (χ0n) is 6.61. The lowest BCUT2D eigenvalue weighted by Crippen LogP contribution is -2.02. The fourth-order valence-electron chi connectivity index (χ4n) is 1.13. The van der Waals surface area contributed by atoms with Crippen molar-refractivity contribution in [2.24, 2.45) is 5.10 Å². The highest BCUT2D eigenvalue weighted by Crippen LogP contribution is 2.26. The van der Waals surface area contributed by atoms with Crippen molar-refractivity contribution in [1.82, 2.24) is 0 Å². The SMILES string of the molecule is ClC1=NN(Cl)c2ccccc2C=C1. The topological polar surface area (TPSA) is 15.6 Å². The third kappa shape index (κ3) is 1.69. The molecule has 0 fully saturated rings. The van der Waals surface area contributed by atoms with Gasteiger partial charge in [-0.15, -0.1) is 5.10 Å². The standard InChI is InChI=1S/C9H6Cl2N2/c10-9-6-5-7-3-1-2-4-8(7)13(11)12-9/h1-6H. The van der Waals surface area contributed by atoms with Crippen molar-refractivity contribution in [3.63, 3.8) is 0 Å². The van der Waals surface area contributed by atoms with Gasteiger partial charge in [-0.1, -0.05) is 29.8 Å².